The molecule has 300 valence electrons. The molecule has 0 N–H and O–H groups in total. The average molecular weight is 817 g/mol. The predicted octanol–water partition coefficient (Wildman–Crippen LogP) is 16.1. The highest BCUT2D eigenvalue weighted by atomic mass is 15.1. The van der Waals surface area contributed by atoms with Crippen LogP contribution in [0.15, 0.2) is 243 Å². The van der Waals surface area contributed by atoms with Gasteiger partial charge in [0.25, 0.3) is 0 Å². The van der Waals surface area contributed by atoms with Gasteiger partial charge in [-0.3, -0.25) is 0 Å². The molecule has 4 nitrogen and oxygen atoms in total. The Morgan fingerprint density at radius 2 is 0.516 bits per heavy atom. The number of nitrogens with zero attached hydrogens (tertiary/aromatic N) is 4. The Kier molecular flexibility index (Phi) is 8.18. The van der Waals surface area contributed by atoms with E-state index < -0.39 is 0 Å². The van der Waals surface area contributed by atoms with Crippen LogP contribution in [-0.2, 0) is 0 Å². The van der Waals surface area contributed by atoms with E-state index in [9.17, 15) is 0 Å². The van der Waals surface area contributed by atoms with E-state index in [2.05, 4.69) is 261 Å². The first-order chi connectivity index (χ1) is 31.8. The lowest BCUT2D eigenvalue weighted by atomic mass is 10.0. The molecule has 0 saturated heterocycles. The summed E-state index contributed by atoms with van der Waals surface area (Å²) in [5, 5.41) is 7.54. The monoisotopic (exact) mass is 816 g/mol. The number of rotatable bonds is 7. The van der Waals surface area contributed by atoms with Gasteiger partial charge in [-0.1, -0.05) is 133 Å². The fourth-order valence-electron chi connectivity index (χ4n) is 10.2. The lowest BCUT2D eigenvalue weighted by molar-refractivity contribution is 1.17. The maximum absolute atomic E-state index is 2.39. The van der Waals surface area contributed by atoms with Crippen molar-refractivity contribution < 1.29 is 0 Å². The predicted molar refractivity (Wildman–Crippen MR) is 270 cm³/mol. The van der Waals surface area contributed by atoms with Crippen molar-refractivity contribution in [2.24, 2.45) is 0 Å². The van der Waals surface area contributed by atoms with Crippen LogP contribution in [0.2, 0.25) is 0 Å². The van der Waals surface area contributed by atoms with Gasteiger partial charge in [0.15, 0.2) is 0 Å². The first-order valence-corrected chi connectivity index (χ1v) is 21.9. The van der Waals surface area contributed by atoms with Gasteiger partial charge < -0.3 is 18.6 Å². The van der Waals surface area contributed by atoms with Crippen molar-refractivity contribution in [1.29, 1.82) is 0 Å². The van der Waals surface area contributed by atoms with Crippen LogP contribution in [0.3, 0.4) is 0 Å². The van der Waals surface area contributed by atoms with Gasteiger partial charge in [-0.2, -0.15) is 0 Å². The summed E-state index contributed by atoms with van der Waals surface area (Å²) in [6.45, 7) is 0. The van der Waals surface area contributed by atoms with Crippen molar-refractivity contribution in [3.63, 3.8) is 0 Å². The van der Waals surface area contributed by atoms with Gasteiger partial charge in [0.1, 0.15) is 0 Å². The second kappa shape index (κ2) is 14.5. The van der Waals surface area contributed by atoms with Crippen LogP contribution in [0.1, 0.15) is 0 Å². The summed E-state index contributed by atoms with van der Waals surface area (Å²) in [6, 6.07) is 88.1. The van der Waals surface area contributed by atoms with Crippen molar-refractivity contribution >= 4 is 82.5 Å². The highest BCUT2D eigenvalue weighted by molar-refractivity contribution is 6.11. The largest absolute Gasteiger partial charge is 0.311 e. The van der Waals surface area contributed by atoms with E-state index in [0.29, 0.717) is 0 Å². The lowest BCUT2D eigenvalue weighted by Gasteiger charge is -2.26. The molecule has 0 aliphatic carbocycles. The van der Waals surface area contributed by atoms with Crippen LogP contribution in [0.5, 0.6) is 0 Å². The SMILES string of the molecule is c1ccc(-n2c3ccccc3c3ccc(-c4ccc(N(c5ccc(-n6c7ccccc7c7ccccc76)cc5)c5ccc(-n6c7ccccc7c7ccccc76)cc5)cc4)cc32)cc1. The Bertz CT molecular complexity index is 3610. The molecule has 0 amide bonds. The maximum Gasteiger partial charge on any atom is 0.0547 e. The Balaban J connectivity index is 0.927. The number of hydrogen-bond donors (Lipinski definition) is 0. The summed E-state index contributed by atoms with van der Waals surface area (Å²) in [5.74, 6) is 0. The quantitative estimate of drug-likeness (QED) is 0.157. The molecule has 0 fully saturated rings. The molecule has 0 aliphatic heterocycles. The highest BCUT2D eigenvalue weighted by Gasteiger charge is 2.18. The van der Waals surface area contributed by atoms with Crippen LogP contribution in [0.4, 0.5) is 17.1 Å². The minimum Gasteiger partial charge on any atom is -0.311 e. The topological polar surface area (TPSA) is 18.0 Å². The molecule has 4 heteroatoms. The maximum atomic E-state index is 2.39. The minimum atomic E-state index is 1.08. The fraction of sp³-hybridized carbons (Fsp3) is 0. The summed E-state index contributed by atoms with van der Waals surface area (Å²) < 4.78 is 7.14. The van der Waals surface area contributed by atoms with E-state index in [4.69, 9.17) is 0 Å². The normalized spacial score (nSPS) is 11.8. The lowest BCUT2D eigenvalue weighted by Crippen LogP contribution is -2.10. The first kappa shape index (κ1) is 36.1. The van der Waals surface area contributed by atoms with Crippen molar-refractivity contribution in [1.82, 2.24) is 13.7 Å². The molecule has 0 bridgehead atoms. The fourth-order valence-corrected chi connectivity index (χ4v) is 10.2. The van der Waals surface area contributed by atoms with Crippen LogP contribution in [0.25, 0.3) is 93.6 Å². The molecule has 10 aromatic carbocycles. The van der Waals surface area contributed by atoms with Crippen molar-refractivity contribution in [2.75, 3.05) is 4.90 Å². The number of benzene rings is 10. The molecule has 0 radical (unpaired) electrons. The molecule has 0 atom stereocenters. The third-order valence-electron chi connectivity index (χ3n) is 13.0. The standard InChI is InChI=1S/C60H40N4/c1-2-14-43(15-3-1)64-59-25-13-8-20-53(59)54-39-28-42(40-60(54)64)41-26-29-44(30-27-41)61(45-31-35-47(36-32-45)62-55-21-9-4-16-49(55)50-17-5-10-22-56(50)62)46-33-37-48(38-34-46)63-57-23-11-6-18-51(57)52-19-7-12-24-58(52)63/h1-40H. The second-order valence-corrected chi connectivity index (χ2v) is 16.6. The number of aromatic nitrogens is 3. The molecule has 0 saturated carbocycles. The first-order valence-electron chi connectivity index (χ1n) is 21.9. The molecule has 3 heterocycles. The molecular weight excluding hydrogens is 777 g/mol. The van der Waals surface area contributed by atoms with Gasteiger partial charge in [0.05, 0.1) is 33.1 Å². The van der Waals surface area contributed by atoms with Gasteiger partial charge in [-0.25, -0.2) is 0 Å². The Hall–Kier alpha value is -8.60. The number of para-hydroxylation sites is 6. The zero-order valence-corrected chi connectivity index (χ0v) is 34.9. The smallest absolute Gasteiger partial charge is 0.0547 e. The van der Waals surface area contributed by atoms with Gasteiger partial charge in [0, 0.05) is 66.4 Å². The van der Waals surface area contributed by atoms with E-state index in [1.165, 1.54) is 76.5 Å². The molecule has 0 unspecified atom stereocenters. The summed E-state index contributed by atoms with van der Waals surface area (Å²) in [7, 11) is 0. The zero-order chi connectivity index (χ0) is 42.1. The van der Waals surface area contributed by atoms with Gasteiger partial charge in [-0.15, -0.1) is 0 Å². The van der Waals surface area contributed by atoms with Crippen molar-refractivity contribution in [3.05, 3.63) is 243 Å². The molecule has 3 aromatic heterocycles. The summed E-state index contributed by atoms with van der Waals surface area (Å²) in [4.78, 5) is 2.37. The molecule has 13 rings (SSSR count). The van der Waals surface area contributed by atoms with Gasteiger partial charge >= 0.3 is 0 Å². The van der Waals surface area contributed by atoms with Gasteiger partial charge in [0.2, 0.25) is 0 Å². The Labute approximate surface area is 370 Å². The van der Waals surface area contributed by atoms with E-state index in [1.807, 2.05) is 0 Å². The van der Waals surface area contributed by atoms with Crippen molar-refractivity contribution in [2.45, 2.75) is 0 Å². The van der Waals surface area contributed by atoms with E-state index in [-0.39, 0.29) is 0 Å². The molecule has 0 aliphatic rings. The van der Waals surface area contributed by atoms with Crippen LogP contribution >= 0.6 is 0 Å². The average Bonchev–Trinajstić information content (AvgIpc) is 4.01. The molecule has 64 heavy (non-hydrogen) atoms. The summed E-state index contributed by atoms with van der Waals surface area (Å²) >= 11 is 0. The summed E-state index contributed by atoms with van der Waals surface area (Å²) in [5.41, 5.74) is 16.2. The number of fused-ring (bicyclic) bond motifs is 9. The molecule has 0 spiro atoms. The van der Waals surface area contributed by atoms with E-state index in [0.717, 1.165) is 34.1 Å². The Morgan fingerprint density at radius 3 is 0.922 bits per heavy atom. The Morgan fingerprint density at radius 1 is 0.219 bits per heavy atom. The number of hydrogen-bond acceptors (Lipinski definition) is 1. The molecular formula is C60H40N4. The number of anilines is 3. The van der Waals surface area contributed by atoms with Gasteiger partial charge in [-0.05, 0) is 120 Å². The third kappa shape index (κ3) is 5.63. The third-order valence-corrected chi connectivity index (χ3v) is 13.0. The highest BCUT2D eigenvalue weighted by Crippen LogP contribution is 2.40. The molecule has 13 aromatic rings. The van der Waals surface area contributed by atoms with E-state index in [1.54, 1.807) is 0 Å². The zero-order valence-electron chi connectivity index (χ0n) is 34.9. The second-order valence-electron chi connectivity index (χ2n) is 16.6. The summed E-state index contributed by atoms with van der Waals surface area (Å²) in [6.07, 6.45) is 0. The minimum absolute atomic E-state index is 1.08. The van der Waals surface area contributed by atoms with Crippen molar-refractivity contribution in [3.8, 4) is 28.2 Å². The van der Waals surface area contributed by atoms with Crippen LogP contribution in [-0.4, -0.2) is 13.7 Å². The van der Waals surface area contributed by atoms with E-state index >= 15 is 0 Å². The van der Waals surface area contributed by atoms with Crippen LogP contribution < -0.4 is 4.90 Å². The van der Waals surface area contributed by atoms with Crippen LogP contribution in [0, 0.1) is 0 Å².